The molecule has 0 fully saturated rings. The quantitative estimate of drug-likeness (QED) is 0.327. The topological polar surface area (TPSA) is 170 Å². The van der Waals surface area contributed by atoms with Crippen LogP contribution in [0.1, 0.15) is 19.5 Å². The number of hydrogen-bond acceptors (Lipinski definition) is 5. The Morgan fingerprint density at radius 3 is 2.45 bits per heavy atom. The second-order valence-electron chi connectivity index (χ2n) is 4.90. The van der Waals surface area contributed by atoms with E-state index in [2.05, 4.69) is 20.6 Å². The van der Waals surface area contributed by atoms with E-state index in [9.17, 15) is 14.2 Å². The minimum Gasteiger partial charge on any atom is -0.348 e. The van der Waals surface area contributed by atoms with Crippen molar-refractivity contribution in [2.45, 2.75) is 38.1 Å². The largest absolute Gasteiger partial charge is 0.348 e. The van der Waals surface area contributed by atoms with Crippen LogP contribution in [0.5, 0.6) is 0 Å². The molecule has 3 atom stereocenters. The molecule has 0 spiro atoms. The van der Waals surface area contributed by atoms with Gasteiger partial charge >= 0.3 is 7.60 Å². The van der Waals surface area contributed by atoms with Crippen molar-refractivity contribution < 1.29 is 23.9 Å². The molecular weight excluding hydrogens is 313 g/mol. The maximum Gasteiger partial charge on any atom is 0.347 e. The fourth-order valence-corrected chi connectivity index (χ4v) is 1.81. The van der Waals surface area contributed by atoms with Crippen LogP contribution in [0.2, 0.25) is 0 Å². The monoisotopic (exact) mass is 333 g/mol. The van der Waals surface area contributed by atoms with Gasteiger partial charge in [0.25, 0.3) is 0 Å². The minimum absolute atomic E-state index is 0.0815. The number of nitrogens with one attached hydrogen (secondary N) is 3. The fourth-order valence-electron chi connectivity index (χ4n) is 1.52. The molecule has 2 amide bonds. The Kier molecular flexibility index (Phi) is 6.24. The summed E-state index contributed by atoms with van der Waals surface area (Å²) in [4.78, 5) is 48.4. The summed E-state index contributed by atoms with van der Waals surface area (Å²) in [5.41, 5.74) is 6.02. The number of nitrogens with zero attached hydrogens (tertiary/aromatic N) is 1. The first-order chi connectivity index (χ1) is 10.1. The SMILES string of the molecule is C[C@H](N)C(=O)N[C@@H](Cc1cnc[nH]1)C(=O)N[C@@H](C)P(=O)(O)O. The molecule has 0 radical (unpaired) electrons. The van der Waals surface area contributed by atoms with Crippen molar-refractivity contribution in [3.8, 4) is 0 Å². The molecule has 124 valence electrons. The average molecular weight is 333 g/mol. The zero-order valence-electron chi connectivity index (χ0n) is 12.2. The molecule has 1 aromatic rings. The fraction of sp³-hybridized carbons (Fsp3) is 0.545. The van der Waals surface area contributed by atoms with Crippen molar-refractivity contribution in [3.63, 3.8) is 0 Å². The van der Waals surface area contributed by atoms with Gasteiger partial charge in [-0.2, -0.15) is 0 Å². The van der Waals surface area contributed by atoms with Gasteiger partial charge in [-0.3, -0.25) is 14.2 Å². The summed E-state index contributed by atoms with van der Waals surface area (Å²) in [5, 5.41) is 4.62. The average Bonchev–Trinajstić information content (AvgIpc) is 2.89. The molecular formula is C11H20N5O5P. The van der Waals surface area contributed by atoms with Gasteiger partial charge in [-0.05, 0) is 13.8 Å². The number of hydrogen-bond donors (Lipinski definition) is 6. The number of carbonyl (C=O) groups is 2. The lowest BCUT2D eigenvalue weighted by Crippen LogP contribution is -2.53. The van der Waals surface area contributed by atoms with Gasteiger partial charge in [-0.15, -0.1) is 0 Å². The van der Waals surface area contributed by atoms with Crippen molar-refractivity contribution in [1.29, 1.82) is 0 Å². The first kappa shape index (κ1) is 18.3. The summed E-state index contributed by atoms with van der Waals surface area (Å²) in [6.07, 6.45) is 2.97. The molecule has 22 heavy (non-hydrogen) atoms. The summed E-state index contributed by atoms with van der Waals surface area (Å²) in [5.74, 6) is -2.64. The molecule has 0 bridgehead atoms. The van der Waals surface area contributed by atoms with Crippen LogP contribution in [-0.2, 0) is 20.6 Å². The second kappa shape index (κ2) is 7.50. The maximum atomic E-state index is 12.1. The molecule has 1 heterocycles. The smallest absolute Gasteiger partial charge is 0.347 e. The van der Waals surface area contributed by atoms with Crippen LogP contribution in [-0.4, -0.2) is 49.4 Å². The Morgan fingerprint density at radius 1 is 1.36 bits per heavy atom. The molecule has 0 aliphatic carbocycles. The molecule has 1 rings (SSSR count). The molecule has 0 saturated carbocycles. The normalized spacial score (nSPS) is 15.7. The number of amides is 2. The third kappa shape index (κ3) is 5.57. The van der Waals surface area contributed by atoms with Crippen LogP contribution >= 0.6 is 7.60 Å². The van der Waals surface area contributed by atoms with Crippen LogP contribution in [0.25, 0.3) is 0 Å². The van der Waals surface area contributed by atoms with Gasteiger partial charge < -0.3 is 31.1 Å². The molecule has 0 aliphatic heterocycles. The van der Waals surface area contributed by atoms with Crippen LogP contribution in [0.3, 0.4) is 0 Å². The van der Waals surface area contributed by atoms with Gasteiger partial charge in [0.05, 0.1) is 12.4 Å². The number of aromatic amines is 1. The Morgan fingerprint density at radius 2 is 2.00 bits per heavy atom. The van der Waals surface area contributed by atoms with E-state index < -0.39 is 37.3 Å². The van der Waals surface area contributed by atoms with E-state index >= 15 is 0 Å². The van der Waals surface area contributed by atoms with Crippen molar-refractivity contribution in [1.82, 2.24) is 20.6 Å². The summed E-state index contributed by atoms with van der Waals surface area (Å²) in [7, 11) is -4.46. The minimum atomic E-state index is -4.46. The van der Waals surface area contributed by atoms with Crippen LogP contribution in [0.15, 0.2) is 12.5 Å². The molecule has 10 nitrogen and oxygen atoms in total. The van der Waals surface area contributed by atoms with E-state index in [1.54, 1.807) is 0 Å². The highest BCUT2D eigenvalue weighted by Gasteiger charge is 2.30. The highest BCUT2D eigenvalue weighted by Crippen LogP contribution is 2.39. The molecule has 0 aliphatic rings. The number of H-pyrrole nitrogens is 1. The Hall–Kier alpha value is -1.74. The van der Waals surface area contributed by atoms with E-state index in [0.717, 1.165) is 0 Å². The predicted molar refractivity (Wildman–Crippen MR) is 77.5 cm³/mol. The number of carbonyl (C=O) groups excluding carboxylic acids is 2. The summed E-state index contributed by atoms with van der Waals surface area (Å²) in [6.45, 7) is 2.64. The summed E-state index contributed by atoms with van der Waals surface area (Å²) >= 11 is 0. The van der Waals surface area contributed by atoms with Gasteiger partial charge in [0.2, 0.25) is 11.8 Å². The molecule has 11 heteroatoms. The summed E-state index contributed by atoms with van der Waals surface area (Å²) in [6, 6.07) is -1.86. The van der Waals surface area contributed by atoms with E-state index in [1.165, 1.54) is 26.4 Å². The second-order valence-corrected chi connectivity index (χ2v) is 6.86. The van der Waals surface area contributed by atoms with Crippen LogP contribution < -0.4 is 16.4 Å². The Balaban J connectivity index is 2.82. The van der Waals surface area contributed by atoms with Crippen LogP contribution in [0.4, 0.5) is 0 Å². The van der Waals surface area contributed by atoms with Crippen molar-refractivity contribution in [2.24, 2.45) is 5.73 Å². The standard InChI is InChI=1S/C11H20N5O5P/c1-6(12)10(17)16-9(3-8-4-13-5-14-8)11(18)15-7(2)22(19,20)21/h4-7,9H,3,12H2,1-2H3,(H,13,14)(H,15,18)(H,16,17)(H2,19,20,21)/t6-,7+,9-/m0/s1. The molecule has 1 aromatic heterocycles. The van der Waals surface area contributed by atoms with Crippen molar-refractivity contribution in [3.05, 3.63) is 18.2 Å². The van der Waals surface area contributed by atoms with E-state index in [4.69, 9.17) is 15.5 Å². The van der Waals surface area contributed by atoms with Gasteiger partial charge in [-0.1, -0.05) is 0 Å². The highest BCUT2D eigenvalue weighted by atomic mass is 31.2. The van der Waals surface area contributed by atoms with Gasteiger partial charge in [0, 0.05) is 18.3 Å². The molecule has 7 N–H and O–H groups in total. The summed E-state index contributed by atoms with van der Waals surface area (Å²) < 4.78 is 11.1. The van der Waals surface area contributed by atoms with Gasteiger partial charge in [-0.25, -0.2) is 4.98 Å². The van der Waals surface area contributed by atoms with E-state index in [0.29, 0.717) is 5.69 Å². The Labute approximate surface area is 127 Å². The molecule has 0 unspecified atom stereocenters. The van der Waals surface area contributed by atoms with Crippen LogP contribution in [0, 0.1) is 0 Å². The number of imidazole rings is 1. The lowest BCUT2D eigenvalue weighted by atomic mass is 10.1. The van der Waals surface area contributed by atoms with E-state index in [1.807, 2.05) is 0 Å². The Bertz CT molecular complexity index is 555. The van der Waals surface area contributed by atoms with Gasteiger partial charge in [0.15, 0.2) is 0 Å². The number of nitrogens with two attached hydrogens (primary N) is 1. The van der Waals surface area contributed by atoms with Crippen molar-refractivity contribution in [2.75, 3.05) is 0 Å². The van der Waals surface area contributed by atoms with Crippen molar-refractivity contribution >= 4 is 19.4 Å². The van der Waals surface area contributed by atoms with E-state index in [-0.39, 0.29) is 6.42 Å². The van der Waals surface area contributed by atoms with Gasteiger partial charge in [0.1, 0.15) is 11.8 Å². The third-order valence-corrected chi connectivity index (χ3v) is 4.02. The number of rotatable bonds is 7. The zero-order chi connectivity index (χ0) is 16.9. The predicted octanol–water partition coefficient (Wildman–Crippen LogP) is -1.58. The molecule has 0 saturated heterocycles. The molecule has 0 aromatic carbocycles. The maximum absolute atomic E-state index is 12.1. The lowest BCUT2D eigenvalue weighted by Gasteiger charge is -2.22. The number of aromatic nitrogens is 2. The first-order valence-electron chi connectivity index (χ1n) is 6.50. The highest BCUT2D eigenvalue weighted by molar-refractivity contribution is 7.52. The third-order valence-electron chi connectivity index (χ3n) is 2.88. The zero-order valence-corrected chi connectivity index (χ0v) is 13.1. The lowest BCUT2D eigenvalue weighted by molar-refractivity contribution is -0.129. The first-order valence-corrected chi connectivity index (χ1v) is 8.18.